The van der Waals surface area contributed by atoms with E-state index < -0.39 is 48.0 Å². The van der Waals surface area contributed by atoms with Gasteiger partial charge in [-0.25, -0.2) is 14.5 Å². The molecular formula is C20H26N2O7. The molecule has 1 aromatic carbocycles. The molecule has 0 saturated carbocycles. The molecule has 0 unspecified atom stereocenters. The first-order valence-corrected chi connectivity index (χ1v) is 9.29. The summed E-state index contributed by atoms with van der Waals surface area (Å²) in [6.07, 6.45) is -1.75. The first-order valence-electron chi connectivity index (χ1n) is 9.29. The first kappa shape index (κ1) is 22.2. The molecule has 0 aromatic heterocycles. The van der Waals surface area contributed by atoms with Crippen LogP contribution in [-0.4, -0.2) is 58.9 Å². The van der Waals surface area contributed by atoms with Gasteiger partial charge in [-0.3, -0.25) is 9.59 Å². The third-order valence-corrected chi connectivity index (χ3v) is 4.17. The van der Waals surface area contributed by atoms with Crippen molar-refractivity contribution in [1.82, 2.24) is 10.2 Å². The van der Waals surface area contributed by atoms with Gasteiger partial charge in [0.2, 0.25) is 5.91 Å². The van der Waals surface area contributed by atoms with Gasteiger partial charge in [-0.2, -0.15) is 0 Å². The molecule has 9 heteroatoms. The number of carboxylic acids is 1. The Morgan fingerprint density at radius 1 is 1.28 bits per heavy atom. The van der Waals surface area contributed by atoms with E-state index in [2.05, 4.69) is 5.32 Å². The first-order chi connectivity index (χ1) is 13.6. The lowest BCUT2D eigenvalue weighted by atomic mass is 10.0. The lowest BCUT2D eigenvalue weighted by Crippen LogP contribution is -2.47. The van der Waals surface area contributed by atoms with Crippen molar-refractivity contribution in [3.8, 4) is 0 Å². The topological polar surface area (TPSA) is 122 Å². The van der Waals surface area contributed by atoms with Crippen LogP contribution in [0.25, 0.3) is 0 Å². The molecular weight excluding hydrogens is 380 g/mol. The molecule has 9 nitrogen and oxygen atoms in total. The maximum absolute atomic E-state index is 13.0. The molecule has 29 heavy (non-hydrogen) atoms. The number of carbonyl (C=O) groups is 4. The molecule has 1 fully saturated rings. The summed E-state index contributed by atoms with van der Waals surface area (Å²) < 4.78 is 10.1. The third-order valence-electron chi connectivity index (χ3n) is 4.17. The molecule has 1 aliphatic heterocycles. The molecule has 1 aliphatic rings. The summed E-state index contributed by atoms with van der Waals surface area (Å²) in [6.45, 7) is 4.79. The Bertz CT molecular complexity index is 758. The number of benzene rings is 1. The second-order valence-electron chi connectivity index (χ2n) is 7.81. The van der Waals surface area contributed by atoms with Gasteiger partial charge < -0.3 is 19.9 Å². The van der Waals surface area contributed by atoms with Crippen LogP contribution in [0.15, 0.2) is 30.3 Å². The van der Waals surface area contributed by atoms with Crippen LogP contribution in [0.3, 0.4) is 0 Å². The largest absolute Gasteiger partial charge is 0.481 e. The molecule has 2 rings (SSSR count). The smallest absolute Gasteiger partial charge is 0.416 e. The number of cyclic esters (lactones) is 1. The Hall–Kier alpha value is -3.10. The van der Waals surface area contributed by atoms with Crippen molar-refractivity contribution in [2.45, 2.75) is 45.3 Å². The van der Waals surface area contributed by atoms with Crippen LogP contribution in [0.1, 0.15) is 32.8 Å². The van der Waals surface area contributed by atoms with E-state index in [0.29, 0.717) is 6.42 Å². The highest BCUT2D eigenvalue weighted by atomic mass is 16.6. The average molecular weight is 406 g/mol. The number of rotatable bonds is 7. The van der Waals surface area contributed by atoms with Gasteiger partial charge in [-0.05, 0) is 32.8 Å². The second kappa shape index (κ2) is 9.40. The molecule has 0 spiro atoms. The van der Waals surface area contributed by atoms with E-state index in [9.17, 15) is 19.2 Å². The number of nitrogens with one attached hydrogen (secondary N) is 1. The van der Waals surface area contributed by atoms with Crippen molar-refractivity contribution in [3.63, 3.8) is 0 Å². The Morgan fingerprint density at radius 3 is 2.52 bits per heavy atom. The number of imide groups is 1. The zero-order valence-corrected chi connectivity index (χ0v) is 16.7. The monoisotopic (exact) mass is 406 g/mol. The van der Waals surface area contributed by atoms with E-state index >= 15 is 0 Å². The summed E-state index contributed by atoms with van der Waals surface area (Å²) in [4.78, 5) is 49.2. The van der Waals surface area contributed by atoms with Crippen LogP contribution in [0.5, 0.6) is 0 Å². The van der Waals surface area contributed by atoms with E-state index in [0.717, 1.165) is 10.5 Å². The molecule has 1 saturated heterocycles. The van der Waals surface area contributed by atoms with Crippen LogP contribution in [-0.2, 0) is 25.5 Å². The minimum absolute atomic E-state index is 0.0265. The fourth-order valence-corrected chi connectivity index (χ4v) is 2.94. The maximum atomic E-state index is 13.0. The highest BCUT2D eigenvalue weighted by Crippen LogP contribution is 2.21. The van der Waals surface area contributed by atoms with E-state index in [1.54, 1.807) is 20.8 Å². The summed E-state index contributed by atoms with van der Waals surface area (Å²) in [5.41, 5.74) is 0.172. The number of ether oxygens (including phenoxy) is 2. The highest BCUT2D eigenvalue weighted by molar-refractivity contribution is 5.96. The van der Waals surface area contributed by atoms with Gasteiger partial charge in [-0.15, -0.1) is 0 Å². The van der Waals surface area contributed by atoms with Gasteiger partial charge in [-0.1, -0.05) is 30.3 Å². The predicted molar refractivity (Wildman–Crippen MR) is 102 cm³/mol. The summed E-state index contributed by atoms with van der Waals surface area (Å²) in [7, 11) is 0. The summed E-state index contributed by atoms with van der Waals surface area (Å²) in [5, 5.41) is 11.6. The van der Waals surface area contributed by atoms with Crippen molar-refractivity contribution in [2.24, 2.45) is 5.92 Å². The Morgan fingerprint density at radius 2 is 1.93 bits per heavy atom. The van der Waals surface area contributed by atoms with Gasteiger partial charge in [0.25, 0.3) is 0 Å². The van der Waals surface area contributed by atoms with Crippen LogP contribution in [0.4, 0.5) is 9.59 Å². The van der Waals surface area contributed by atoms with Crippen molar-refractivity contribution < 1.29 is 33.8 Å². The zero-order chi connectivity index (χ0) is 21.6. The van der Waals surface area contributed by atoms with E-state index in [1.165, 1.54) is 0 Å². The number of amides is 3. The number of carbonyl (C=O) groups excluding carboxylic acids is 3. The summed E-state index contributed by atoms with van der Waals surface area (Å²) >= 11 is 0. The number of hydrogen-bond donors (Lipinski definition) is 2. The molecule has 2 atom stereocenters. The normalized spacial score (nSPS) is 17.4. The van der Waals surface area contributed by atoms with Crippen molar-refractivity contribution in [2.75, 3.05) is 13.2 Å². The van der Waals surface area contributed by atoms with Gasteiger partial charge in [0.15, 0.2) is 0 Å². The number of hydrogen-bond acceptors (Lipinski definition) is 6. The second-order valence-corrected chi connectivity index (χ2v) is 7.81. The Kier molecular flexibility index (Phi) is 7.19. The fraction of sp³-hybridized carbons (Fsp3) is 0.500. The molecule has 0 aliphatic carbocycles. The third kappa shape index (κ3) is 6.78. The Balaban J connectivity index is 2.10. The van der Waals surface area contributed by atoms with Crippen LogP contribution in [0.2, 0.25) is 0 Å². The lowest BCUT2D eigenvalue weighted by molar-refractivity contribution is -0.143. The number of alkyl carbamates (subject to hydrolysis) is 1. The van der Waals surface area contributed by atoms with Gasteiger partial charge in [0.1, 0.15) is 12.2 Å². The van der Waals surface area contributed by atoms with Crippen molar-refractivity contribution in [3.05, 3.63) is 35.9 Å². The van der Waals surface area contributed by atoms with Crippen LogP contribution < -0.4 is 5.32 Å². The summed E-state index contributed by atoms with van der Waals surface area (Å²) in [6, 6.07) is 8.73. The maximum Gasteiger partial charge on any atom is 0.416 e. The van der Waals surface area contributed by atoms with Gasteiger partial charge >= 0.3 is 18.2 Å². The zero-order valence-electron chi connectivity index (χ0n) is 16.7. The molecule has 0 bridgehead atoms. The lowest BCUT2D eigenvalue weighted by Gasteiger charge is -2.25. The van der Waals surface area contributed by atoms with E-state index in [-0.39, 0.29) is 13.2 Å². The van der Waals surface area contributed by atoms with Crippen molar-refractivity contribution >= 4 is 24.1 Å². The number of carboxylic acid groups (broad SMARTS) is 1. The molecule has 158 valence electrons. The van der Waals surface area contributed by atoms with Crippen molar-refractivity contribution in [1.29, 1.82) is 0 Å². The molecule has 1 aromatic rings. The molecule has 3 amide bonds. The molecule has 1 heterocycles. The standard InChI is InChI=1S/C20H26N2O7/c1-20(2,3)29-18(26)21-11-14(10-16(23)24)17(25)22-15(12-28-19(22)27)9-13-7-5-4-6-8-13/h4-8,14-15H,9-12H2,1-3H3,(H,21,26)(H,23,24)/t14-,15-/m1/s1. The minimum Gasteiger partial charge on any atom is -0.481 e. The van der Waals surface area contributed by atoms with E-state index in [1.807, 2.05) is 30.3 Å². The average Bonchev–Trinajstić information content (AvgIpc) is 2.97. The van der Waals surface area contributed by atoms with Gasteiger partial charge in [0.05, 0.1) is 18.4 Å². The highest BCUT2D eigenvalue weighted by Gasteiger charge is 2.41. The van der Waals surface area contributed by atoms with E-state index in [4.69, 9.17) is 14.6 Å². The SMILES string of the molecule is CC(C)(C)OC(=O)NC[C@@H](CC(=O)O)C(=O)N1C(=O)OC[C@H]1Cc1ccccc1. The fourth-order valence-electron chi connectivity index (χ4n) is 2.94. The quantitative estimate of drug-likeness (QED) is 0.712. The number of nitrogens with zero attached hydrogens (tertiary/aromatic N) is 1. The van der Waals surface area contributed by atoms with Crippen LogP contribution >= 0.6 is 0 Å². The minimum atomic E-state index is -1.22. The molecule has 2 N–H and O–H groups in total. The Labute approximate surface area is 169 Å². The summed E-state index contributed by atoms with van der Waals surface area (Å²) in [5.74, 6) is -3.06. The predicted octanol–water partition coefficient (Wildman–Crippen LogP) is 2.19. The molecule has 0 radical (unpaired) electrons. The van der Waals surface area contributed by atoms with Gasteiger partial charge in [0, 0.05) is 6.54 Å². The number of aliphatic carboxylic acids is 1. The van der Waals surface area contributed by atoms with Crippen LogP contribution in [0, 0.1) is 5.92 Å².